The summed E-state index contributed by atoms with van der Waals surface area (Å²) < 4.78 is 0. The highest BCUT2D eigenvalue weighted by molar-refractivity contribution is 5.68. The van der Waals surface area contributed by atoms with Crippen molar-refractivity contribution in [3.8, 4) is 6.07 Å². The van der Waals surface area contributed by atoms with Crippen molar-refractivity contribution in [1.82, 2.24) is 0 Å². The summed E-state index contributed by atoms with van der Waals surface area (Å²) in [5.74, 6) is 0. The van der Waals surface area contributed by atoms with Crippen LogP contribution in [0.3, 0.4) is 0 Å². The van der Waals surface area contributed by atoms with Crippen LogP contribution in [0.25, 0.3) is 0 Å². The first-order chi connectivity index (χ1) is 9.10. The molecular weight excluding hydrogens is 234 g/mol. The van der Waals surface area contributed by atoms with E-state index in [1.807, 2.05) is 63.5 Å². The average molecular weight is 251 g/mol. The lowest BCUT2D eigenvalue weighted by atomic mass is 10.1. The van der Waals surface area contributed by atoms with Crippen LogP contribution >= 0.6 is 0 Å². The van der Waals surface area contributed by atoms with E-state index in [2.05, 4.69) is 16.3 Å². The molecular formula is C16H17N3. The van der Waals surface area contributed by atoms with Crippen molar-refractivity contribution in [1.29, 1.82) is 5.26 Å². The van der Waals surface area contributed by atoms with Gasteiger partial charge in [0.15, 0.2) is 0 Å². The van der Waals surface area contributed by atoms with E-state index >= 15 is 0 Å². The molecule has 0 bridgehead atoms. The summed E-state index contributed by atoms with van der Waals surface area (Å²) >= 11 is 0. The van der Waals surface area contributed by atoms with Crippen molar-refractivity contribution in [2.24, 2.45) is 0 Å². The first-order valence-electron chi connectivity index (χ1n) is 6.15. The van der Waals surface area contributed by atoms with Crippen LogP contribution in [0.1, 0.15) is 11.1 Å². The number of anilines is 3. The Balaban J connectivity index is 2.26. The van der Waals surface area contributed by atoms with Crippen LogP contribution in [-0.4, -0.2) is 14.1 Å². The summed E-state index contributed by atoms with van der Waals surface area (Å²) in [5, 5.41) is 12.4. The van der Waals surface area contributed by atoms with Gasteiger partial charge in [-0.2, -0.15) is 5.26 Å². The Bertz CT molecular complexity index is 607. The molecule has 2 rings (SSSR count). The van der Waals surface area contributed by atoms with E-state index < -0.39 is 0 Å². The number of hydrogen-bond acceptors (Lipinski definition) is 3. The van der Waals surface area contributed by atoms with Crippen molar-refractivity contribution >= 4 is 17.1 Å². The molecule has 0 atom stereocenters. The maximum Gasteiger partial charge on any atom is 0.101 e. The van der Waals surface area contributed by atoms with Crippen LogP contribution in [-0.2, 0) is 0 Å². The van der Waals surface area contributed by atoms with Gasteiger partial charge < -0.3 is 10.2 Å². The Morgan fingerprint density at radius 1 is 1.05 bits per heavy atom. The molecule has 0 unspecified atom stereocenters. The zero-order chi connectivity index (χ0) is 13.8. The largest absolute Gasteiger partial charge is 0.378 e. The maximum atomic E-state index is 9.11. The number of hydrogen-bond donors (Lipinski definition) is 1. The van der Waals surface area contributed by atoms with Crippen molar-refractivity contribution < 1.29 is 0 Å². The molecule has 0 aromatic heterocycles. The van der Waals surface area contributed by atoms with Gasteiger partial charge in [-0.3, -0.25) is 0 Å². The molecule has 0 amide bonds. The van der Waals surface area contributed by atoms with Crippen LogP contribution in [0.4, 0.5) is 17.1 Å². The quantitative estimate of drug-likeness (QED) is 0.904. The van der Waals surface area contributed by atoms with Crippen molar-refractivity contribution in [3.05, 3.63) is 53.6 Å². The lowest BCUT2D eigenvalue weighted by molar-refractivity contribution is 1.13. The van der Waals surface area contributed by atoms with Crippen molar-refractivity contribution in [2.45, 2.75) is 6.92 Å². The highest BCUT2D eigenvalue weighted by Gasteiger charge is 2.03. The normalized spacial score (nSPS) is 9.79. The fourth-order valence-corrected chi connectivity index (χ4v) is 1.86. The molecule has 0 saturated carbocycles. The fourth-order valence-electron chi connectivity index (χ4n) is 1.86. The third-order valence-corrected chi connectivity index (χ3v) is 2.96. The van der Waals surface area contributed by atoms with E-state index in [-0.39, 0.29) is 0 Å². The summed E-state index contributed by atoms with van der Waals surface area (Å²) in [6, 6.07) is 16.1. The first kappa shape index (κ1) is 13.0. The summed E-state index contributed by atoms with van der Waals surface area (Å²) in [5.41, 5.74) is 4.76. The van der Waals surface area contributed by atoms with Gasteiger partial charge in [-0.25, -0.2) is 0 Å². The highest BCUT2D eigenvalue weighted by atomic mass is 15.1. The van der Waals surface area contributed by atoms with Crippen LogP contribution in [0.2, 0.25) is 0 Å². The highest BCUT2D eigenvalue weighted by Crippen LogP contribution is 2.23. The molecule has 0 spiro atoms. The molecule has 0 heterocycles. The molecule has 0 fully saturated rings. The number of nitrogens with one attached hydrogen (secondary N) is 1. The molecule has 96 valence electrons. The van der Waals surface area contributed by atoms with Gasteiger partial charge in [-0.1, -0.05) is 6.07 Å². The Kier molecular flexibility index (Phi) is 3.72. The van der Waals surface area contributed by atoms with Crippen LogP contribution in [0.15, 0.2) is 42.5 Å². The van der Waals surface area contributed by atoms with Gasteiger partial charge >= 0.3 is 0 Å². The Morgan fingerprint density at radius 3 is 2.32 bits per heavy atom. The summed E-state index contributed by atoms with van der Waals surface area (Å²) in [4.78, 5) is 2.05. The predicted octanol–water partition coefficient (Wildman–Crippen LogP) is 3.68. The van der Waals surface area contributed by atoms with E-state index in [4.69, 9.17) is 5.26 Å². The smallest absolute Gasteiger partial charge is 0.101 e. The predicted molar refractivity (Wildman–Crippen MR) is 79.9 cm³/mol. The number of rotatable bonds is 3. The van der Waals surface area contributed by atoms with Crippen LogP contribution in [0, 0.1) is 18.3 Å². The first-order valence-corrected chi connectivity index (χ1v) is 6.15. The fraction of sp³-hybridized carbons (Fsp3) is 0.188. The molecule has 19 heavy (non-hydrogen) atoms. The van der Waals surface area contributed by atoms with Gasteiger partial charge in [0, 0.05) is 25.5 Å². The third kappa shape index (κ3) is 3.05. The van der Waals surface area contributed by atoms with Gasteiger partial charge in [0.2, 0.25) is 0 Å². The van der Waals surface area contributed by atoms with Gasteiger partial charge in [-0.15, -0.1) is 0 Å². The second-order valence-corrected chi connectivity index (χ2v) is 4.73. The van der Waals surface area contributed by atoms with Crippen molar-refractivity contribution in [2.75, 3.05) is 24.3 Å². The topological polar surface area (TPSA) is 39.1 Å². The van der Waals surface area contributed by atoms with Crippen LogP contribution < -0.4 is 10.2 Å². The second kappa shape index (κ2) is 5.45. The number of benzene rings is 2. The number of nitrogens with zero attached hydrogens (tertiary/aromatic N) is 2. The summed E-state index contributed by atoms with van der Waals surface area (Å²) in [6.07, 6.45) is 0. The molecule has 1 N–H and O–H groups in total. The zero-order valence-electron chi connectivity index (χ0n) is 11.4. The number of nitriles is 1. The van der Waals surface area contributed by atoms with Gasteiger partial charge in [0.25, 0.3) is 0 Å². The molecule has 3 nitrogen and oxygen atoms in total. The summed E-state index contributed by atoms with van der Waals surface area (Å²) in [7, 11) is 4.02. The average Bonchev–Trinajstić information content (AvgIpc) is 2.39. The van der Waals surface area contributed by atoms with Crippen LogP contribution in [0.5, 0.6) is 0 Å². The Hall–Kier alpha value is -2.47. The zero-order valence-corrected chi connectivity index (χ0v) is 11.4. The lowest BCUT2D eigenvalue weighted by Gasteiger charge is -2.14. The van der Waals surface area contributed by atoms with E-state index in [9.17, 15) is 0 Å². The van der Waals surface area contributed by atoms with Crippen molar-refractivity contribution in [3.63, 3.8) is 0 Å². The van der Waals surface area contributed by atoms with E-state index in [0.717, 1.165) is 22.6 Å². The third-order valence-electron chi connectivity index (χ3n) is 2.96. The Labute approximate surface area is 114 Å². The maximum absolute atomic E-state index is 9.11. The molecule has 0 aliphatic rings. The molecule has 3 heteroatoms. The number of aryl methyl sites for hydroxylation is 1. The van der Waals surface area contributed by atoms with E-state index in [0.29, 0.717) is 5.56 Å². The lowest BCUT2D eigenvalue weighted by Crippen LogP contribution is -2.08. The van der Waals surface area contributed by atoms with Gasteiger partial charge in [0.05, 0.1) is 11.3 Å². The molecule has 0 saturated heterocycles. The SMILES string of the molecule is Cc1ccc(C#N)c(Nc2ccc(N(C)C)cc2)c1. The minimum absolute atomic E-state index is 0.655. The standard InChI is InChI=1S/C16H17N3/c1-12-4-5-13(11-17)16(10-12)18-14-6-8-15(9-7-14)19(2)3/h4-10,18H,1-3H3. The minimum atomic E-state index is 0.655. The molecule has 0 aliphatic heterocycles. The monoisotopic (exact) mass is 251 g/mol. The Morgan fingerprint density at radius 2 is 1.74 bits per heavy atom. The molecule has 0 aliphatic carbocycles. The second-order valence-electron chi connectivity index (χ2n) is 4.73. The molecule has 2 aromatic carbocycles. The molecule has 0 radical (unpaired) electrons. The van der Waals surface area contributed by atoms with Gasteiger partial charge in [-0.05, 0) is 48.9 Å². The van der Waals surface area contributed by atoms with Gasteiger partial charge in [0.1, 0.15) is 6.07 Å². The van der Waals surface area contributed by atoms with E-state index in [1.54, 1.807) is 0 Å². The summed E-state index contributed by atoms with van der Waals surface area (Å²) in [6.45, 7) is 2.02. The minimum Gasteiger partial charge on any atom is -0.378 e. The molecule has 2 aromatic rings. The van der Waals surface area contributed by atoms with E-state index in [1.165, 1.54) is 0 Å².